The van der Waals surface area contributed by atoms with Gasteiger partial charge in [-0.3, -0.25) is 4.31 Å². The van der Waals surface area contributed by atoms with Crippen molar-refractivity contribution in [3.8, 4) is 17.3 Å². The van der Waals surface area contributed by atoms with Crippen LogP contribution in [0.5, 0.6) is 5.75 Å². The smallest absolute Gasteiger partial charge is 0.264 e. The molecule has 4 rings (SSSR count). The van der Waals surface area contributed by atoms with Crippen molar-refractivity contribution in [3.05, 3.63) is 83.7 Å². The van der Waals surface area contributed by atoms with Crippen molar-refractivity contribution in [1.29, 1.82) is 0 Å². The molecular formula is C21H17ClN2O5S. The summed E-state index contributed by atoms with van der Waals surface area (Å²) < 4.78 is 44.2. The van der Waals surface area contributed by atoms with E-state index in [9.17, 15) is 8.42 Å². The van der Waals surface area contributed by atoms with E-state index >= 15 is 0 Å². The van der Waals surface area contributed by atoms with Crippen molar-refractivity contribution in [2.45, 2.75) is 11.4 Å². The summed E-state index contributed by atoms with van der Waals surface area (Å²) in [5, 5.41) is 4.45. The molecule has 9 heteroatoms. The second-order valence-corrected chi connectivity index (χ2v) is 8.60. The third-order valence-electron chi connectivity index (χ3n) is 4.38. The molecule has 0 N–H and O–H groups in total. The number of halogens is 1. The van der Waals surface area contributed by atoms with Gasteiger partial charge >= 0.3 is 0 Å². The zero-order chi connectivity index (χ0) is 21.1. The molecule has 0 atom stereocenters. The number of hydrogen-bond donors (Lipinski definition) is 0. The molecule has 0 bridgehead atoms. The van der Waals surface area contributed by atoms with Gasteiger partial charge in [-0.2, -0.15) is 0 Å². The molecule has 0 saturated carbocycles. The summed E-state index contributed by atoms with van der Waals surface area (Å²) >= 11 is 5.93. The fraction of sp³-hybridized carbons (Fsp3) is 0.0952. The van der Waals surface area contributed by atoms with Gasteiger partial charge in [-0.15, -0.1) is 0 Å². The number of sulfonamides is 1. The van der Waals surface area contributed by atoms with E-state index in [1.807, 2.05) is 0 Å². The van der Waals surface area contributed by atoms with Crippen LogP contribution in [0.3, 0.4) is 0 Å². The van der Waals surface area contributed by atoms with Gasteiger partial charge in [0.2, 0.25) is 5.76 Å². The van der Waals surface area contributed by atoms with Gasteiger partial charge in [-0.05, 0) is 48.5 Å². The Kier molecular flexibility index (Phi) is 5.52. The first-order valence-electron chi connectivity index (χ1n) is 8.90. The highest BCUT2D eigenvalue weighted by atomic mass is 35.5. The predicted molar refractivity (Wildman–Crippen MR) is 112 cm³/mol. The van der Waals surface area contributed by atoms with Gasteiger partial charge in [0.05, 0.1) is 30.5 Å². The minimum atomic E-state index is -3.96. The van der Waals surface area contributed by atoms with Gasteiger partial charge in [-0.1, -0.05) is 28.9 Å². The lowest BCUT2D eigenvalue weighted by molar-refractivity contribution is 0.409. The van der Waals surface area contributed by atoms with Crippen molar-refractivity contribution in [3.63, 3.8) is 0 Å². The third-order valence-corrected chi connectivity index (χ3v) is 6.41. The van der Waals surface area contributed by atoms with Crippen LogP contribution >= 0.6 is 11.6 Å². The van der Waals surface area contributed by atoms with Gasteiger partial charge in [0.25, 0.3) is 10.0 Å². The monoisotopic (exact) mass is 444 g/mol. The van der Waals surface area contributed by atoms with Crippen LogP contribution in [0.2, 0.25) is 5.02 Å². The number of ether oxygens (including phenoxy) is 1. The molecule has 0 spiro atoms. The zero-order valence-corrected chi connectivity index (χ0v) is 17.4. The average molecular weight is 445 g/mol. The Morgan fingerprint density at radius 2 is 1.80 bits per heavy atom. The van der Waals surface area contributed by atoms with E-state index in [1.165, 1.54) is 41.9 Å². The zero-order valence-electron chi connectivity index (χ0n) is 15.9. The molecule has 154 valence electrons. The second kappa shape index (κ2) is 8.25. The number of furan rings is 1. The van der Waals surface area contributed by atoms with Gasteiger partial charge < -0.3 is 13.7 Å². The Hall–Kier alpha value is -3.23. The first kappa shape index (κ1) is 20.1. The average Bonchev–Trinajstić information content (AvgIpc) is 3.44. The van der Waals surface area contributed by atoms with Crippen LogP contribution in [0.4, 0.5) is 5.69 Å². The molecule has 0 aliphatic rings. The molecule has 2 aromatic heterocycles. The molecule has 0 unspecified atom stereocenters. The third kappa shape index (κ3) is 3.92. The van der Waals surface area contributed by atoms with Crippen molar-refractivity contribution >= 4 is 27.3 Å². The predicted octanol–water partition coefficient (Wildman–Crippen LogP) is 4.99. The van der Waals surface area contributed by atoms with Crippen molar-refractivity contribution in [1.82, 2.24) is 5.16 Å². The molecule has 0 radical (unpaired) electrons. The Balaban J connectivity index is 1.77. The van der Waals surface area contributed by atoms with E-state index in [0.29, 0.717) is 33.7 Å². The minimum absolute atomic E-state index is 0.0739. The van der Waals surface area contributed by atoms with Gasteiger partial charge in [0.1, 0.15) is 11.4 Å². The summed E-state index contributed by atoms with van der Waals surface area (Å²) in [6.45, 7) is -0.0739. The fourth-order valence-electron chi connectivity index (χ4n) is 2.94. The molecule has 0 aliphatic heterocycles. The summed E-state index contributed by atoms with van der Waals surface area (Å²) in [6, 6.07) is 17.9. The maximum atomic E-state index is 13.5. The summed E-state index contributed by atoms with van der Waals surface area (Å²) in [4.78, 5) is 0.0903. The Morgan fingerprint density at radius 1 is 1.03 bits per heavy atom. The number of methoxy groups -OCH3 is 1. The summed E-state index contributed by atoms with van der Waals surface area (Å²) in [7, 11) is -2.47. The minimum Gasteiger partial charge on any atom is -0.495 e. The van der Waals surface area contributed by atoms with E-state index in [4.69, 9.17) is 25.3 Å². The molecule has 7 nitrogen and oxygen atoms in total. The summed E-state index contributed by atoms with van der Waals surface area (Å²) in [6.07, 6.45) is 1.52. The molecule has 2 heterocycles. The Labute approximate surface area is 178 Å². The highest BCUT2D eigenvalue weighted by Gasteiger charge is 2.28. The molecule has 4 aromatic rings. The van der Waals surface area contributed by atoms with Crippen LogP contribution in [0.15, 0.2) is 86.8 Å². The highest BCUT2D eigenvalue weighted by molar-refractivity contribution is 7.92. The van der Waals surface area contributed by atoms with E-state index in [-0.39, 0.29) is 11.4 Å². The summed E-state index contributed by atoms with van der Waals surface area (Å²) in [5.41, 5.74) is 0.780. The fourth-order valence-corrected chi connectivity index (χ4v) is 4.51. The second-order valence-electron chi connectivity index (χ2n) is 6.30. The van der Waals surface area contributed by atoms with Crippen LogP contribution in [-0.2, 0) is 16.6 Å². The van der Waals surface area contributed by atoms with Crippen LogP contribution in [0.1, 0.15) is 5.69 Å². The number of rotatable bonds is 7. The van der Waals surface area contributed by atoms with Crippen molar-refractivity contribution in [2.24, 2.45) is 0 Å². The lowest BCUT2D eigenvalue weighted by Gasteiger charge is -2.25. The molecule has 0 amide bonds. The lowest BCUT2D eigenvalue weighted by Crippen LogP contribution is -2.31. The topological polar surface area (TPSA) is 85.8 Å². The van der Waals surface area contributed by atoms with E-state index in [1.54, 1.807) is 42.5 Å². The van der Waals surface area contributed by atoms with Crippen molar-refractivity contribution in [2.75, 3.05) is 11.4 Å². The lowest BCUT2D eigenvalue weighted by atomic mass is 10.2. The number of para-hydroxylation sites is 2. The van der Waals surface area contributed by atoms with Gasteiger partial charge in [-0.25, -0.2) is 8.42 Å². The standard InChI is InChI=1S/C21H17ClN2O5S/c1-27-19-6-3-2-5-18(19)24(30(25,26)17-10-8-15(22)9-11-17)14-16-13-21(29-23-16)20-7-4-12-28-20/h2-13H,14H2,1H3. The van der Waals surface area contributed by atoms with Gasteiger partial charge in [0.15, 0.2) is 5.76 Å². The first-order chi connectivity index (χ1) is 14.5. The number of hydrogen-bond acceptors (Lipinski definition) is 6. The van der Waals surface area contributed by atoms with Crippen LogP contribution in [0.25, 0.3) is 11.5 Å². The normalized spacial score (nSPS) is 11.4. The Morgan fingerprint density at radius 3 is 2.50 bits per heavy atom. The van der Waals surface area contributed by atoms with E-state index in [2.05, 4.69) is 5.16 Å². The van der Waals surface area contributed by atoms with Crippen LogP contribution in [0, 0.1) is 0 Å². The number of anilines is 1. The maximum Gasteiger partial charge on any atom is 0.264 e. The number of aromatic nitrogens is 1. The molecule has 2 aromatic carbocycles. The van der Waals surface area contributed by atoms with Crippen LogP contribution < -0.4 is 9.04 Å². The molecular weight excluding hydrogens is 428 g/mol. The molecule has 0 fully saturated rings. The maximum absolute atomic E-state index is 13.5. The quantitative estimate of drug-likeness (QED) is 0.399. The molecule has 30 heavy (non-hydrogen) atoms. The SMILES string of the molecule is COc1ccccc1N(Cc1cc(-c2ccco2)on1)S(=O)(=O)c1ccc(Cl)cc1. The van der Waals surface area contributed by atoms with E-state index < -0.39 is 10.0 Å². The Bertz CT molecular complexity index is 1230. The number of benzene rings is 2. The van der Waals surface area contributed by atoms with Gasteiger partial charge in [0, 0.05) is 11.1 Å². The molecule has 0 saturated heterocycles. The van der Waals surface area contributed by atoms with E-state index in [0.717, 1.165) is 0 Å². The largest absolute Gasteiger partial charge is 0.495 e. The van der Waals surface area contributed by atoms with Crippen LogP contribution in [-0.4, -0.2) is 20.7 Å². The number of nitrogens with zero attached hydrogens (tertiary/aromatic N) is 2. The summed E-state index contributed by atoms with van der Waals surface area (Å²) in [5.74, 6) is 1.31. The highest BCUT2D eigenvalue weighted by Crippen LogP contribution is 2.34. The molecule has 0 aliphatic carbocycles. The first-order valence-corrected chi connectivity index (χ1v) is 10.7. The van der Waals surface area contributed by atoms with Crippen molar-refractivity contribution < 1.29 is 22.1 Å².